The van der Waals surface area contributed by atoms with Gasteiger partial charge in [-0.25, -0.2) is 0 Å². The van der Waals surface area contributed by atoms with Crippen LogP contribution >= 0.6 is 35.3 Å². The standard InChI is InChI=1S/C14H12N2OS3/c1-15-9-4-3-8-5-10(19-11(8)6-9)7-12-13(17)16(2)14(18)20-12/h3-7,15H,1-2H3/b12-7-. The molecule has 1 saturated heterocycles. The van der Waals surface area contributed by atoms with Crippen LogP contribution < -0.4 is 5.32 Å². The molecule has 0 bridgehead atoms. The minimum absolute atomic E-state index is 0.0200. The van der Waals surface area contributed by atoms with Gasteiger partial charge in [-0.05, 0) is 29.7 Å². The highest BCUT2D eigenvalue weighted by atomic mass is 32.2. The summed E-state index contributed by atoms with van der Waals surface area (Å²) < 4.78 is 1.81. The third kappa shape index (κ3) is 2.34. The summed E-state index contributed by atoms with van der Waals surface area (Å²) in [5.41, 5.74) is 1.09. The van der Waals surface area contributed by atoms with E-state index in [4.69, 9.17) is 12.2 Å². The summed E-state index contributed by atoms with van der Waals surface area (Å²) in [5.74, 6) is -0.0200. The molecule has 6 heteroatoms. The molecular formula is C14H12N2OS3. The second kappa shape index (κ2) is 5.20. The summed E-state index contributed by atoms with van der Waals surface area (Å²) >= 11 is 8.16. The van der Waals surface area contributed by atoms with Gasteiger partial charge in [0.15, 0.2) is 0 Å². The normalized spacial score (nSPS) is 17.5. The largest absolute Gasteiger partial charge is 0.388 e. The monoisotopic (exact) mass is 320 g/mol. The zero-order chi connectivity index (χ0) is 14.3. The number of carbonyl (C=O) groups excluding carboxylic acids is 1. The number of benzene rings is 1. The second-order valence-electron chi connectivity index (χ2n) is 4.39. The van der Waals surface area contributed by atoms with Gasteiger partial charge >= 0.3 is 0 Å². The molecule has 2 aromatic rings. The number of thiocarbonyl (C=S) groups is 1. The molecule has 0 radical (unpaired) electrons. The van der Waals surface area contributed by atoms with E-state index < -0.39 is 0 Å². The summed E-state index contributed by atoms with van der Waals surface area (Å²) in [6.45, 7) is 0. The number of nitrogens with zero attached hydrogens (tertiary/aromatic N) is 1. The van der Waals surface area contributed by atoms with E-state index in [1.165, 1.54) is 26.7 Å². The maximum absolute atomic E-state index is 12.0. The first kappa shape index (κ1) is 13.6. The number of thioether (sulfide) groups is 1. The van der Waals surface area contributed by atoms with Gasteiger partial charge in [-0.3, -0.25) is 9.69 Å². The zero-order valence-corrected chi connectivity index (χ0v) is 13.4. The number of nitrogens with one attached hydrogen (secondary N) is 1. The maximum Gasteiger partial charge on any atom is 0.265 e. The molecule has 102 valence electrons. The van der Waals surface area contributed by atoms with E-state index >= 15 is 0 Å². The lowest BCUT2D eigenvalue weighted by Gasteiger charge is -2.03. The molecule has 1 fully saturated rings. The van der Waals surface area contributed by atoms with Crippen molar-refractivity contribution in [3.8, 4) is 0 Å². The molecule has 2 heterocycles. The maximum atomic E-state index is 12.0. The summed E-state index contributed by atoms with van der Waals surface area (Å²) in [6, 6.07) is 8.34. The Bertz CT molecular complexity index is 748. The number of carbonyl (C=O) groups is 1. The van der Waals surface area contributed by atoms with Crippen molar-refractivity contribution in [1.82, 2.24) is 4.90 Å². The van der Waals surface area contributed by atoms with Crippen molar-refractivity contribution in [1.29, 1.82) is 0 Å². The van der Waals surface area contributed by atoms with Crippen molar-refractivity contribution < 1.29 is 4.79 Å². The molecule has 1 aliphatic heterocycles. The lowest BCUT2D eigenvalue weighted by Crippen LogP contribution is -2.22. The molecule has 0 aliphatic carbocycles. The number of hydrogen-bond donors (Lipinski definition) is 1. The van der Waals surface area contributed by atoms with Crippen molar-refractivity contribution in [3.63, 3.8) is 0 Å². The topological polar surface area (TPSA) is 32.3 Å². The first-order valence-corrected chi connectivity index (χ1v) is 8.05. The molecule has 0 atom stereocenters. The van der Waals surface area contributed by atoms with Crippen LogP contribution in [0.4, 0.5) is 5.69 Å². The minimum atomic E-state index is -0.0200. The van der Waals surface area contributed by atoms with Gasteiger partial charge in [0.1, 0.15) is 4.32 Å². The molecule has 3 rings (SSSR count). The van der Waals surface area contributed by atoms with E-state index in [1.807, 2.05) is 19.2 Å². The van der Waals surface area contributed by atoms with E-state index in [2.05, 4.69) is 23.5 Å². The van der Waals surface area contributed by atoms with Crippen molar-refractivity contribution in [2.75, 3.05) is 19.4 Å². The Morgan fingerprint density at radius 1 is 1.35 bits per heavy atom. The summed E-state index contributed by atoms with van der Waals surface area (Å²) in [7, 11) is 3.62. The van der Waals surface area contributed by atoms with Crippen LogP contribution in [0.25, 0.3) is 16.2 Å². The number of rotatable bonds is 2. The zero-order valence-electron chi connectivity index (χ0n) is 11.0. The molecule has 0 saturated carbocycles. The Balaban J connectivity index is 1.99. The van der Waals surface area contributed by atoms with Gasteiger partial charge in [0, 0.05) is 29.4 Å². The molecule has 1 aromatic carbocycles. The summed E-state index contributed by atoms with van der Waals surface area (Å²) in [4.78, 5) is 15.3. The predicted molar refractivity (Wildman–Crippen MR) is 92.3 cm³/mol. The lowest BCUT2D eigenvalue weighted by atomic mass is 10.2. The molecule has 1 N–H and O–H groups in total. The Kier molecular flexibility index (Phi) is 3.54. The third-order valence-electron chi connectivity index (χ3n) is 3.09. The minimum Gasteiger partial charge on any atom is -0.388 e. The number of hydrogen-bond acceptors (Lipinski definition) is 5. The SMILES string of the molecule is CNc1ccc2cc(/C=C3\SC(=S)N(C)C3=O)sc2c1. The van der Waals surface area contributed by atoms with Gasteiger partial charge < -0.3 is 5.32 Å². The van der Waals surface area contributed by atoms with E-state index in [1.54, 1.807) is 18.4 Å². The molecule has 1 amide bonds. The number of anilines is 1. The smallest absolute Gasteiger partial charge is 0.265 e. The van der Waals surface area contributed by atoms with Crippen molar-refractivity contribution in [2.24, 2.45) is 0 Å². The molecule has 3 nitrogen and oxygen atoms in total. The highest BCUT2D eigenvalue weighted by Crippen LogP contribution is 2.35. The van der Waals surface area contributed by atoms with Gasteiger partial charge in [0.2, 0.25) is 0 Å². The number of thiophene rings is 1. The van der Waals surface area contributed by atoms with Crippen molar-refractivity contribution in [3.05, 3.63) is 34.0 Å². The Morgan fingerprint density at radius 2 is 2.15 bits per heavy atom. The lowest BCUT2D eigenvalue weighted by molar-refractivity contribution is -0.121. The van der Waals surface area contributed by atoms with Crippen LogP contribution in [0.15, 0.2) is 29.2 Å². The van der Waals surface area contributed by atoms with Gasteiger partial charge in [-0.1, -0.05) is 30.0 Å². The van der Waals surface area contributed by atoms with Crippen LogP contribution in [0.5, 0.6) is 0 Å². The second-order valence-corrected chi connectivity index (χ2v) is 7.18. The molecule has 20 heavy (non-hydrogen) atoms. The van der Waals surface area contributed by atoms with Gasteiger partial charge in [-0.15, -0.1) is 11.3 Å². The average Bonchev–Trinajstić information content (AvgIpc) is 2.95. The molecule has 1 aliphatic rings. The average molecular weight is 320 g/mol. The van der Waals surface area contributed by atoms with E-state index in [0.717, 1.165) is 10.6 Å². The van der Waals surface area contributed by atoms with E-state index in [-0.39, 0.29) is 5.91 Å². The first-order chi connectivity index (χ1) is 9.58. The summed E-state index contributed by atoms with van der Waals surface area (Å²) in [5, 5.41) is 4.32. The van der Waals surface area contributed by atoms with Crippen LogP contribution in [0.2, 0.25) is 0 Å². The molecule has 0 spiro atoms. The highest BCUT2D eigenvalue weighted by molar-refractivity contribution is 8.26. The van der Waals surface area contributed by atoms with Crippen molar-refractivity contribution in [2.45, 2.75) is 0 Å². The fraction of sp³-hybridized carbons (Fsp3) is 0.143. The first-order valence-electron chi connectivity index (χ1n) is 6.01. The summed E-state index contributed by atoms with van der Waals surface area (Å²) in [6.07, 6.45) is 1.92. The van der Waals surface area contributed by atoms with Gasteiger partial charge in [0.25, 0.3) is 5.91 Å². The number of amides is 1. The molecular weight excluding hydrogens is 308 g/mol. The fourth-order valence-electron chi connectivity index (χ4n) is 1.95. The molecule has 1 aromatic heterocycles. The quantitative estimate of drug-likeness (QED) is 0.674. The third-order valence-corrected chi connectivity index (χ3v) is 5.62. The molecule has 0 unspecified atom stereocenters. The Labute approximate surface area is 130 Å². The van der Waals surface area contributed by atoms with Crippen molar-refractivity contribution >= 4 is 67.4 Å². The highest BCUT2D eigenvalue weighted by Gasteiger charge is 2.28. The van der Waals surface area contributed by atoms with Crippen LogP contribution in [0.1, 0.15) is 4.88 Å². The fourth-order valence-corrected chi connectivity index (χ4v) is 4.25. The number of likely N-dealkylation sites (N-methyl/N-ethyl adjacent to an activating group) is 1. The number of fused-ring (bicyclic) bond motifs is 1. The van der Waals surface area contributed by atoms with Gasteiger partial charge in [0.05, 0.1) is 4.91 Å². The van der Waals surface area contributed by atoms with E-state index in [0.29, 0.717) is 9.23 Å². The predicted octanol–water partition coefficient (Wildman–Crippen LogP) is 3.77. The van der Waals surface area contributed by atoms with Crippen LogP contribution in [-0.4, -0.2) is 29.2 Å². The van der Waals surface area contributed by atoms with Gasteiger partial charge in [-0.2, -0.15) is 0 Å². The Hall–Kier alpha value is -1.37. The Morgan fingerprint density at radius 3 is 2.80 bits per heavy atom. The van der Waals surface area contributed by atoms with Crippen LogP contribution in [0, 0.1) is 0 Å². The van der Waals surface area contributed by atoms with Crippen LogP contribution in [-0.2, 0) is 4.79 Å². The van der Waals surface area contributed by atoms with Crippen LogP contribution in [0.3, 0.4) is 0 Å². The van der Waals surface area contributed by atoms with E-state index in [9.17, 15) is 4.79 Å².